The number of imidazole rings is 1. The molecule has 1 N–H and O–H groups in total. The minimum absolute atomic E-state index is 0.0236. The van der Waals surface area contributed by atoms with E-state index in [4.69, 9.17) is 14.2 Å². The summed E-state index contributed by atoms with van der Waals surface area (Å²) in [4.78, 5) is 21.1. The number of amides is 1. The molecule has 0 saturated carbocycles. The molecule has 1 atom stereocenters. The SMILES string of the molecule is COc1cc(-c2ccc3c(c2)nc(OC)n3C(NC(=O)c2ccccc2)(OC)C(F)(F)F)ccn1. The molecule has 0 spiro atoms. The van der Waals surface area contributed by atoms with Crippen molar-refractivity contribution in [1.29, 1.82) is 0 Å². The van der Waals surface area contributed by atoms with E-state index in [-0.39, 0.29) is 16.6 Å². The summed E-state index contributed by atoms with van der Waals surface area (Å²) in [5, 5.41) is 2.00. The average Bonchev–Trinajstić information content (AvgIpc) is 3.25. The van der Waals surface area contributed by atoms with Gasteiger partial charge in [-0.3, -0.25) is 10.1 Å². The van der Waals surface area contributed by atoms with Crippen LogP contribution in [0.15, 0.2) is 66.9 Å². The van der Waals surface area contributed by atoms with Crippen molar-refractivity contribution in [3.63, 3.8) is 0 Å². The Kier molecular flexibility index (Phi) is 6.35. The lowest BCUT2D eigenvalue weighted by molar-refractivity contribution is -0.317. The fourth-order valence-corrected chi connectivity index (χ4v) is 3.71. The number of hydrogen-bond donors (Lipinski definition) is 1. The lowest BCUT2D eigenvalue weighted by Crippen LogP contribution is -2.61. The molecule has 1 unspecified atom stereocenters. The smallest absolute Gasteiger partial charge is 0.459 e. The second kappa shape index (κ2) is 9.26. The highest BCUT2D eigenvalue weighted by Crippen LogP contribution is 2.41. The lowest BCUT2D eigenvalue weighted by atomic mass is 10.1. The zero-order valence-corrected chi connectivity index (χ0v) is 19.0. The molecule has 0 aliphatic rings. The molecule has 0 radical (unpaired) electrons. The molecular weight excluding hydrogens is 465 g/mol. The van der Waals surface area contributed by atoms with Crippen LogP contribution in [0.4, 0.5) is 13.2 Å². The van der Waals surface area contributed by atoms with Gasteiger partial charge >= 0.3 is 18.0 Å². The Morgan fingerprint density at radius 1 is 0.943 bits per heavy atom. The van der Waals surface area contributed by atoms with Gasteiger partial charge in [0, 0.05) is 24.9 Å². The summed E-state index contributed by atoms with van der Waals surface area (Å²) in [6, 6.07) is 15.2. The van der Waals surface area contributed by atoms with E-state index in [0.29, 0.717) is 16.0 Å². The van der Waals surface area contributed by atoms with Crippen molar-refractivity contribution in [2.24, 2.45) is 0 Å². The number of aromatic nitrogens is 3. The maximum absolute atomic E-state index is 14.6. The highest BCUT2D eigenvalue weighted by atomic mass is 19.4. The predicted octanol–water partition coefficient (Wildman–Crippen LogP) is 4.36. The third kappa shape index (κ3) is 4.26. The normalized spacial score (nSPS) is 13.3. The van der Waals surface area contributed by atoms with Gasteiger partial charge < -0.3 is 14.2 Å². The number of carbonyl (C=O) groups excluding carboxylic acids is 1. The molecule has 2 aromatic carbocycles. The summed E-state index contributed by atoms with van der Waals surface area (Å²) in [5.74, 6) is -3.92. The van der Waals surface area contributed by atoms with Crippen LogP contribution in [0.5, 0.6) is 11.9 Å². The van der Waals surface area contributed by atoms with Crippen molar-refractivity contribution in [2.75, 3.05) is 21.3 Å². The number of benzene rings is 2. The number of rotatable bonds is 7. The quantitative estimate of drug-likeness (QED) is 0.391. The third-order valence-corrected chi connectivity index (χ3v) is 5.40. The number of alkyl halides is 3. The van der Waals surface area contributed by atoms with Gasteiger partial charge in [-0.15, -0.1) is 0 Å². The zero-order valence-electron chi connectivity index (χ0n) is 19.0. The molecule has 4 aromatic rings. The number of fused-ring (bicyclic) bond motifs is 1. The van der Waals surface area contributed by atoms with Crippen LogP contribution in [0.1, 0.15) is 10.4 Å². The van der Waals surface area contributed by atoms with E-state index in [1.807, 2.05) is 5.32 Å². The van der Waals surface area contributed by atoms with Gasteiger partial charge in [-0.25, -0.2) is 9.55 Å². The number of methoxy groups -OCH3 is 3. The fraction of sp³-hybridized carbons (Fsp3) is 0.208. The minimum Gasteiger partial charge on any atom is -0.481 e. The average molecular weight is 486 g/mol. The molecule has 2 heterocycles. The second-order valence-corrected chi connectivity index (χ2v) is 7.39. The topological polar surface area (TPSA) is 87.5 Å². The van der Waals surface area contributed by atoms with Gasteiger partial charge in [0.2, 0.25) is 5.88 Å². The van der Waals surface area contributed by atoms with Gasteiger partial charge in [0.1, 0.15) is 0 Å². The molecule has 2 aromatic heterocycles. The fourth-order valence-electron chi connectivity index (χ4n) is 3.71. The van der Waals surface area contributed by atoms with Crippen molar-refractivity contribution >= 4 is 16.9 Å². The second-order valence-electron chi connectivity index (χ2n) is 7.39. The van der Waals surface area contributed by atoms with Crippen molar-refractivity contribution in [1.82, 2.24) is 19.9 Å². The number of halogens is 3. The Hall–Kier alpha value is -4.12. The van der Waals surface area contributed by atoms with Crippen molar-refractivity contribution in [2.45, 2.75) is 12.0 Å². The summed E-state index contributed by atoms with van der Waals surface area (Å²) in [5.41, 5.74) is 1.62. The standard InChI is InChI=1S/C24H21F3N4O4/c1-33-20-14-17(11-12-28-20)16-9-10-19-18(13-16)29-22(34-2)31(19)24(35-3,23(25,26)27)30-21(32)15-7-5-4-6-8-15/h4-14H,1-3H3,(H,30,32). The molecule has 1 amide bonds. The number of carbonyl (C=O) groups is 1. The van der Waals surface area contributed by atoms with Crippen LogP contribution in [-0.2, 0) is 10.6 Å². The van der Waals surface area contributed by atoms with E-state index in [0.717, 1.165) is 12.7 Å². The highest BCUT2D eigenvalue weighted by molar-refractivity contribution is 5.94. The van der Waals surface area contributed by atoms with Crippen LogP contribution in [0, 0.1) is 0 Å². The van der Waals surface area contributed by atoms with Crippen LogP contribution in [0.3, 0.4) is 0 Å². The Morgan fingerprint density at radius 3 is 2.29 bits per heavy atom. The van der Waals surface area contributed by atoms with E-state index >= 15 is 0 Å². The van der Waals surface area contributed by atoms with Gasteiger partial charge in [-0.2, -0.15) is 18.2 Å². The Balaban J connectivity index is 1.88. The molecule has 4 rings (SSSR count). The molecule has 8 nitrogen and oxygen atoms in total. The maximum atomic E-state index is 14.6. The van der Waals surface area contributed by atoms with Crippen LogP contribution < -0.4 is 14.8 Å². The number of nitrogens with zero attached hydrogens (tertiary/aromatic N) is 3. The Morgan fingerprint density at radius 2 is 1.66 bits per heavy atom. The molecule has 11 heteroatoms. The monoisotopic (exact) mass is 486 g/mol. The van der Waals surface area contributed by atoms with E-state index in [2.05, 4.69) is 9.97 Å². The number of nitrogens with one attached hydrogen (secondary N) is 1. The van der Waals surface area contributed by atoms with Crippen molar-refractivity contribution in [3.8, 4) is 23.0 Å². The lowest BCUT2D eigenvalue weighted by Gasteiger charge is -2.36. The minimum atomic E-state index is -5.09. The van der Waals surface area contributed by atoms with Gasteiger partial charge in [0.05, 0.1) is 25.3 Å². The molecule has 0 bridgehead atoms. The van der Waals surface area contributed by atoms with E-state index < -0.39 is 23.9 Å². The molecule has 0 aliphatic carbocycles. The highest BCUT2D eigenvalue weighted by Gasteiger charge is 2.61. The van der Waals surface area contributed by atoms with Crippen LogP contribution in [0.25, 0.3) is 22.2 Å². The summed E-state index contributed by atoms with van der Waals surface area (Å²) in [6.07, 6.45) is -3.54. The Labute approximate surface area is 198 Å². The van der Waals surface area contributed by atoms with Gasteiger partial charge in [0.15, 0.2) is 0 Å². The first-order chi connectivity index (χ1) is 16.7. The van der Waals surface area contributed by atoms with Crippen LogP contribution >= 0.6 is 0 Å². The van der Waals surface area contributed by atoms with Crippen LogP contribution in [-0.4, -0.2) is 47.9 Å². The largest absolute Gasteiger partial charge is 0.481 e. The Bertz CT molecular complexity index is 1360. The van der Waals surface area contributed by atoms with Gasteiger partial charge in [-0.1, -0.05) is 24.3 Å². The summed E-state index contributed by atoms with van der Waals surface area (Å²) in [7, 11) is 3.51. The van der Waals surface area contributed by atoms with E-state index in [1.165, 1.54) is 32.4 Å². The predicted molar refractivity (Wildman–Crippen MR) is 121 cm³/mol. The molecule has 182 valence electrons. The maximum Gasteiger partial charge on any atom is 0.459 e. The van der Waals surface area contributed by atoms with Gasteiger partial charge in [0.25, 0.3) is 5.91 Å². The number of ether oxygens (including phenoxy) is 3. The molecule has 0 aliphatic heterocycles. The third-order valence-electron chi connectivity index (χ3n) is 5.40. The van der Waals surface area contributed by atoms with Crippen molar-refractivity contribution < 1.29 is 32.2 Å². The first-order valence-corrected chi connectivity index (χ1v) is 10.3. The zero-order chi connectivity index (χ0) is 25.2. The first kappa shape index (κ1) is 24.0. The summed E-state index contributed by atoms with van der Waals surface area (Å²) >= 11 is 0. The molecule has 35 heavy (non-hydrogen) atoms. The van der Waals surface area contributed by atoms with Crippen LogP contribution in [0.2, 0.25) is 0 Å². The van der Waals surface area contributed by atoms with E-state index in [1.54, 1.807) is 48.7 Å². The van der Waals surface area contributed by atoms with Gasteiger partial charge in [-0.05, 0) is 41.5 Å². The molecule has 0 saturated heterocycles. The summed E-state index contributed by atoms with van der Waals surface area (Å²) < 4.78 is 59.9. The molecular formula is C24H21F3N4O4. The first-order valence-electron chi connectivity index (χ1n) is 10.3. The molecule has 0 fully saturated rings. The number of pyridine rings is 1. The number of hydrogen-bond acceptors (Lipinski definition) is 6. The van der Waals surface area contributed by atoms with E-state index in [9.17, 15) is 18.0 Å². The summed E-state index contributed by atoms with van der Waals surface area (Å²) in [6.45, 7) is 0. The van der Waals surface area contributed by atoms with Crippen molar-refractivity contribution in [3.05, 3.63) is 72.4 Å².